The summed E-state index contributed by atoms with van der Waals surface area (Å²) in [6, 6.07) is 6.37. The number of benzene rings is 1. The molecule has 0 aliphatic carbocycles. The molecule has 0 unspecified atom stereocenters. The van der Waals surface area contributed by atoms with E-state index in [0.29, 0.717) is 0 Å². The van der Waals surface area contributed by atoms with E-state index in [0.717, 1.165) is 4.88 Å². The molecule has 14 heavy (non-hydrogen) atoms. The van der Waals surface area contributed by atoms with Crippen LogP contribution >= 0.6 is 23.1 Å². The van der Waals surface area contributed by atoms with E-state index in [9.17, 15) is 0 Å². The summed E-state index contributed by atoms with van der Waals surface area (Å²) in [5, 5.41) is 10.4. The lowest BCUT2D eigenvalue weighted by atomic mass is 10.2. The molecule has 0 bridgehead atoms. The molecular weight excluding hydrogens is 212 g/mol. The average molecular weight is 224 g/mol. The van der Waals surface area contributed by atoms with Crippen molar-refractivity contribution >= 4 is 33.2 Å². The minimum absolute atomic E-state index is 0.145. The van der Waals surface area contributed by atoms with Gasteiger partial charge in [0, 0.05) is 19.9 Å². The van der Waals surface area contributed by atoms with Crippen LogP contribution in [0, 0.1) is 6.92 Å². The topological polar surface area (TPSA) is 20.2 Å². The van der Waals surface area contributed by atoms with Crippen molar-refractivity contribution in [3.8, 4) is 0 Å². The Morgan fingerprint density at radius 2 is 2.21 bits per heavy atom. The van der Waals surface area contributed by atoms with E-state index in [-0.39, 0.29) is 6.61 Å². The minimum atomic E-state index is 0.145. The van der Waals surface area contributed by atoms with Crippen molar-refractivity contribution in [2.24, 2.45) is 0 Å². The molecule has 2 aromatic rings. The zero-order valence-electron chi connectivity index (χ0n) is 8.20. The molecule has 1 nitrogen and oxygen atoms in total. The summed E-state index contributed by atoms with van der Waals surface area (Å²) in [4.78, 5) is 2.37. The van der Waals surface area contributed by atoms with Crippen molar-refractivity contribution in [2.45, 2.75) is 18.4 Å². The first-order valence-electron chi connectivity index (χ1n) is 4.43. The molecule has 1 N–H and O–H groups in total. The van der Waals surface area contributed by atoms with E-state index in [1.54, 1.807) is 23.1 Å². The SMILES string of the molecule is CSc1c(C)ccc2sc(CO)cc12. The Morgan fingerprint density at radius 1 is 1.43 bits per heavy atom. The van der Waals surface area contributed by atoms with Crippen LogP contribution in [0.1, 0.15) is 10.4 Å². The van der Waals surface area contributed by atoms with E-state index in [1.165, 1.54) is 20.5 Å². The molecule has 0 radical (unpaired) electrons. The Labute approximate surface area is 91.8 Å². The Bertz CT molecular complexity index is 460. The maximum Gasteiger partial charge on any atom is 0.0774 e. The Kier molecular flexibility index (Phi) is 2.81. The molecule has 74 valence electrons. The zero-order valence-corrected chi connectivity index (χ0v) is 9.84. The molecule has 1 aromatic carbocycles. The normalized spacial score (nSPS) is 11.1. The van der Waals surface area contributed by atoms with Gasteiger partial charge < -0.3 is 5.11 Å². The van der Waals surface area contributed by atoms with Crippen molar-refractivity contribution in [2.75, 3.05) is 6.26 Å². The number of hydrogen-bond donors (Lipinski definition) is 1. The molecule has 2 rings (SSSR count). The highest BCUT2D eigenvalue weighted by Crippen LogP contribution is 2.34. The number of aryl methyl sites for hydroxylation is 1. The molecule has 0 aliphatic rings. The number of thiophene rings is 1. The molecule has 1 aromatic heterocycles. The van der Waals surface area contributed by atoms with Crippen molar-refractivity contribution in [1.82, 2.24) is 0 Å². The Hall–Kier alpha value is -0.510. The van der Waals surface area contributed by atoms with Gasteiger partial charge in [-0.05, 0) is 30.9 Å². The lowest BCUT2D eigenvalue weighted by Gasteiger charge is -2.02. The van der Waals surface area contributed by atoms with Gasteiger partial charge in [-0.1, -0.05) is 6.07 Å². The Morgan fingerprint density at radius 3 is 2.86 bits per heavy atom. The lowest BCUT2D eigenvalue weighted by Crippen LogP contribution is -1.78. The third-order valence-electron chi connectivity index (χ3n) is 2.26. The predicted octanol–water partition coefficient (Wildman–Crippen LogP) is 3.42. The second-order valence-electron chi connectivity index (χ2n) is 3.20. The van der Waals surface area contributed by atoms with Gasteiger partial charge in [-0.25, -0.2) is 0 Å². The molecular formula is C11H12OS2. The molecule has 0 spiro atoms. The van der Waals surface area contributed by atoms with Gasteiger partial charge in [0.1, 0.15) is 0 Å². The van der Waals surface area contributed by atoms with Gasteiger partial charge in [0.15, 0.2) is 0 Å². The number of aliphatic hydroxyl groups is 1. The highest BCUT2D eigenvalue weighted by molar-refractivity contribution is 7.98. The average Bonchev–Trinajstić information content (AvgIpc) is 2.60. The fourth-order valence-corrected chi connectivity index (χ4v) is 3.37. The minimum Gasteiger partial charge on any atom is -0.391 e. The summed E-state index contributed by atoms with van der Waals surface area (Å²) in [6.07, 6.45) is 2.10. The van der Waals surface area contributed by atoms with E-state index < -0.39 is 0 Å². The maximum absolute atomic E-state index is 9.08. The third kappa shape index (κ3) is 1.56. The van der Waals surface area contributed by atoms with Gasteiger partial charge in [-0.2, -0.15) is 0 Å². The summed E-state index contributed by atoms with van der Waals surface area (Å²) in [5.41, 5.74) is 1.31. The van der Waals surface area contributed by atoms with E-state index in [2.05, 4.69) is 31.4 Å². The first-order valence-corrected chi connectivity index (χ1v) is 6.47. The first-order chi connectivity index (χ1) is 6.76. The quantitative estimate of drug-likeness (QED) is 0.789. The van der Waals surface area contributed by atoms with Crippen LogP contribution in [0.2, 0.25) is 0 Å². The fraction of sp³-hybridized carbons (Fsp3) is 0.273. The molecule has 0 aliphatic heterocycles. The third-order valence-corrected chi connectivity index (χ3v) is 4.29. The van der Waals surface area contributed by atoms with E-state index >= 15 is 0 Å². The lowest BCUT2D eigenvalue weighted by molar-refractivity contribution is 0.285. The number of hydrogen-bond acceptors (Lipinski definition) is 3. The van der Waals surface area contributed by atoms with Crippen LogP contribution in [0.25, 0.3) is 10.1 Å². The second kappa shape index (κ2) is 3.93. The van der Waals surface area contributed by atoms with Gasteiger partial charge in [-0.15, -0.1) is 23.1 Å². The summed E-state index contributed by atoms with van der Waals surface area (Å²) in [5.74, 6) is 0. The predicted molar refractivity (Wildman–Crippen MR) is 64.3 cm³/mol. The van der Waals surface area contributed by atoms with E-state index in [4.69, 9.17) is 5.11 Å². The number of aliphatic hydroxyl groups excluding tert-OH is 1. The van der Waals surface area contributed by atoms with Crippen LogP contribution in [-0.4, -0.2) is 11.4 Å². The maximum atomic E-state index is 9.08. The first kappa shape index (κ1) is 10.0. The highest BCUT2D eigenvalue weighted by atomic mass is 32.2. The van der Waals surface area contributed by atoms with Gasteiger partial charge >= 0.3 is 0 Å². The highest BCUT2D eigenvalue weighted by Gasteiger charge is 2.07. The number of thioether (sulfide) groups is 1. The molecule has 1 heterocycles. The van der Waals surface area contributed by atoms with Gasteiger partial charge in [-0.3, -0.25) is 0 Å². The van der Waals surface area contributed by atoms with Gasteiger partial charge in [0.2, 0.25) is 0 Å². The van der Waals surface area contributed by atoms with Crippen molar-refractivity contribution in [3.63, 3.8) is 0 Å². The molecule has 3 heteroatoms. The summed E-state index contributed by atoms with van der Waals surface area (Å²) < 4.78 is 1.27. The van der Waals surface area contributed by atoms with Crippen LogP contribution in [0.5, 0.6) is 0 Å². The molecule has 0 saturated heterocycles. The van der Waals surface area contributed by atoms with E-state index in [1.807, 2.05) is 0 Å². The fourth-order valence-electron chi connectivity index (χ4n) is 1.60. The second-order valence-corrected chi connectivity index (χ2v) is 5.18. The smallest absolute Gasteiger partial charge is 0.0774 e. The number of fused-ring (bicyclic) bond motifs is 1. The van der Waals surface area contributed by atoms with Crippen LogP contribution < -0.4 is 0 Å². The standard InChI is InChI=1S/C11H12OS2/c1-7-3-4-10-9(11(7)13-2)5-8(6-12)14-10/h3-5,12H,6H2,1-2H3. The van der Waals surface area contributed by atoms with Crippen LogP contribution in [0.15, 0.2) is 23.1 Å². The van der Waals surface area contributed by atoms with Crippen molar-refractivity contribution in [3.05, 3.63) is 28.6 Å². The molecule has 0 atom stereocenters. The molecule has 0 amide bonds. The molecule has 0 fully saturated rings. The van der Waals surface area contributed by atoms with Crippen LogP contribution in [0.3, 0.4) is 0 Å². The molecule has 0 saturated carbocycles. The number of rotatable bonds is 2. The monoisotopic (exact) mass is 224 g/mol. The van der Waals surface area contributed by atoms with Gasteiger partial charge in [0.05, 0.1) is 6.61 Å². The zero-order chi connectivity index (χ0) is 10.1. The summed E-state index contributed by atoms with van der Waals surface area (Å²) in [6.45, 7) is 2.27. The van der Waals surface area contributed by atoms with Crippen LogP contribution in [-0.2, 0) is 6.61 Å². The van der Waals surface area contributed by atoms with Crippen molar-refractivity contribution < 1.29 is 5.11 Å². The van der Waals surface area contributed by atoms with Gasteiger partial charge in [0.25, 0.3) is 0 Å². The van der Waals surface area contributed by atoms with Crippen LogP contribution in [0.4, 0.5) is 0 Å². The summed E-state index contributed by atoms with van der Waals surface area (Å²) in [7, 11) is 0. The largest absolute Gasteiger partial charge is 0.391 e. The summed E-state index contributed by atoms with van der Waals surface area (Å²) >= 11 is 3.45. The van der Waals surface area contributed by atoms with Crippen molar-refractivity contribution in [1.29, 1.82) is 0 Å². The Balaban J connectivity index is 2.73.